The lowest BCUT2D eigenvalue weighted by molar-refractivity contribution is 1.29. The molecule has 0 amide bonds. The second-order valence-corrected chi connectivity index (χ2v) is 11.0. The van der Waals surface area contributed by atoms with Gasteiger partial charge >= 0.3 is 0 Å². The van der Waals surface area contributed by atoms with Crippen LogP contribution in [0.15, 0.2) is 30.5 Å². The van der Waals surface area contributed by atoms with Gasteiger partial charge < -0.3 is 0 Å². The molecule has 0 unspecified atom stereocenters. The summed E-state index contributed by atoms with van der Waals surface area (Å²) in [5, 5.41) is 2.13. The maximum Gasteiger partial charge on any atom is 0.131 e. The number of hydrogen-bond donors (Lipinski definition) is 0. The highest BCUT2D eigenvalue weighted by molar-refractivity contribution is 6.88. The Bertz CT molecular complexity index is 559. The predicted molar refractivity (Wildman–Crippen MR) is 80.5 cm³/mol. The van der Waals surface area contributed by atoms with Crippen molar-refractivity contribution in [1.82, 2.24) is 9.97 Å². The molecule has 0 saturated heterocycles. The Morgan fingerprint density at radius 2 is 1.61 bits per heavy atom. The van der Waals surface area contributed by atoms with Crippen LogP contribution < -0.4 is 5.19 Å². The molecule has 2 rings (SSSR count). The van der Waals surface area contributed by atoms with Gasteiger partial charge in [0.2, 0.25) is 0 Å². The Labute approximate surface area is 118 Å². The lowest BCUT2D eigenvalue weighted by atomic mass is 10.2. The lowest BCUT2D eigenvalue weighted by Gasteiger charge is -2.17. The van der Waals surface area contributed by atoms with E-state index in [1.54, 1.807) is 12.1 Å². The van der Waals surface area contributed by atoms with Crippen LogP contribution in [-0.4, -0.2) is 18.0 Å². The highest BCUT2D eigenvalue weighted by atomic mass is 35.5. The summed E-state index contributed by atoms with van der Waals surface area (Å²) in [6.45, 7) is 6.91. The first-order valence-corrected chi connectivity index (χ1v) is 9.92. The molecule has 2 aromatic rings. The lowest BCUT2D eigenvalue weighted by Crippen LogP contribution is -2.37. The van der Waals surface area contributed by atoms with Crippen LogP contribution in [0.3, 0.4) is 0 Å². The summed E-state index contributed by atoms with van der Waals surface area (Å²) < 4.78 is 0. The molecule has 2 nitrogen and oxygen atoms in total. The van der Waals surface area contributed by atoms with Gasteiger partial charge in [-0.05, 0) is 24.3 Å². The van der Waals surface area contributed by atoms with Crippen LogP contribution in [0, 0.1) is 0 Å². The van der Waals surface area contributed by atoms with E-state index in [4.69, 9.17) is 23.2 Å². The van der Waals surface area contributed by atoms with E-state index in [0.717, 1.165) is 11.3 Å². The number of rotatable bonds is 2. The minimum Gasteiger partial charge on any atom is -0.256 e. The molecule has 0 bridgehead atoms. The van der Waals surface area contributed by atoms with E-state index in [1.807, 2.05) is 6.20 Å². The van der Waals surface area contributed by atoms with Gasteiger partial charge in [0.1, 0.15) is 10.3 Å². The molecule has 0 spiro atoms. The second-order valence-electron chi connectivity index (χ2n) is 5.18. The fourth-order valence-corrected chi connectivity index (χ4v) is 3.27. The molecular formula is C13H14Cl2N2Si. The number of aromatic nitrogens is 2. The van der Waals surface area contributed by atoms with Gasteiger partial charge in [0.05, 0.1) is 13.8 Å². The average Bonchev–Trinajstić information content (AvgIpc) is 2.27. The molecule has 0 aliphatic carbocycles. The molecule has 0 aromatic carbocycles. The molecule has 0 radical (unpaired) electrons. The van der Waals surface area contributed by atoms with Gasteiger partial charge in [-0.3, -0.25) is 4.98 Å². The summed E-state index contributed by atoms with van der Waals surface area (Å²) in [6.07, 6.45) is 1.84. The largest absolute Gasteiger partial charge is 0.256 e. The van der Waals surface area contributed by atoms with Crippen molar-refractivity contribution in [1.29, 1.82) is 0 Å². The van der Waals surface area contributed by atoms with Gasteiger partial charge in [-0.1, -0.05) is 48.0 Å². The maximum absolute atomic E-state index is 5.92. The smallest absolute Gasteiger partial charge is 0.131 e. The van der Waals surface area contributed by atoms with E-state index in [0.29, 0.717) is 10.3 Å². The van der Waals surface area contributed by atoms with Crippen LogP contribution in [0.1, 0.15) is 0 Å². The third-order valence-electron chi connectivity index (χ3n) is 2.68. The molecule has 0 N–H and O–H groups in total. The highest BCUT2D eigenvalue weighted by Crippen LogP contribution is 2.23. The van der Waals surface area contributed by atoms with Crippen LogP contribution in [-0.2, 0) is 0 Å². The molecule has 5 heteroatoms. The normalized spacial score (nSPS) is 11.6. The molecule has 0 saturated carbocycles. The van der Waals surface area contributed by atoms with Crippen LogP contribution in [0.2, 0.25) is 29.9 Å². The van der Waals surface area contributed by atoms with Gasteiger partial charge in [0, 0.05) is 11.8 Å². The van der Waals surface area contributed by atoms with E-state index in [-0.39, 0.29) is 0 Å². The van der Waals surface area contributed by atoms with Gasteiger partial charge in [-0.2, -0.15) is 0 Å². The van der Waals surface area contributed by atoms with Gasteiger partial charge in [-0.15, -0.1) is 0 Å². The zero-order valence-electron chi connectivity index (χ0n) is 10.5. The fourth-order valence-electron chi connectivity index (χ4n) is 1.67. The first-order valence-electron chi connectivity index (χ1n) is 5.66. The summed E-state index contributed by atoms with van der Waals surface area (Å²) in [6, 6.07) is 7.77. The monoisotopic (exact) mass is 296 g/mol. The first-order chi connectivity index (χ1) is 8.36. The van der Waals surface area contributed by atoms with Crippen molar-refractivity contribution in [2.45, 2.75) is 19.6 Å². The zero-order valence-corrected chi connectivity index (χ0v) is 13.0. The molecule has 0 aliphatic heterocycles. The molecular weight excluding hydrogens is 283 g/mol. The highest BCUT2D eigenvalue weighted by Gasteiger charge is 2.17. The predicted octanol–water partition coefficient (Wildman–Crippen LogP) is 4.00. The van der Waals surface area contributed by atoms with E-state index in [2.05, 4.69) is 41.7 Å². The van der Waals surface area contributed by atoms with Gasteiger partial charge in [0.15, 0.2) is 0 Å². The van der Waals surface area contributed by atoms with Crippen LogP contribution in [0.5, 0.6) is 0 Å². The number of pyridine rings is 2. The van der Waals surface area contributed by atoms with E-state index >= 15 is 0 Å². The minimum atomic E-state index is -1.35. The van der Waals surface area contributed by atoms with E-state index in [9.17, 15) is 0 Å². The van der Waals surface area contributed by atoms with Crippen LogP contribution >= 0.6 is 23.2 Å². The molecule has 0 atom stereocenters. The number of hydrogen-bond acceptors (Lipinski definition) is 2. The summed E-state index contributed by atoms with van der Waals surface area (Å²) in [5.74, 6) is 0. The van der Waals surface area contributed by atoms with Crippen LogP contribution in [0.25, 0.3) is 11.3 Å². The van der Waals surface area contributed by atoms with Crippen molar-refractivity contribution in [2.75, 3.05) is 0 Å². The Balaban J connectivity index is 2.51. The molecule has 2 heterocycles. The minimum absolute atomic E-state index is 0.387. The summed E-state index contributed by atoms with van der Waals surface area (Å²) >= 11 is 11.8. The molecule has 18 heavy (non-hydrogen) atoms. The van der Waals surface area contributed by atoms with Crippen molar-refractivity contribution >= 4 is 36.5 Å². The Kier molecular flexibility index (Phi) is 3.75. The van der Waals surface area contributed by atoms with E-state index < -0.39 is 8.07 Å². The third-order valence-corrected chi connectivity index (χ3v) is 5.11. The number of halogens is 2. The summed E-state index contributed by atoms with van der Waals surface area (Å²) in [5.41, 5.74) is 1.79. The Hall–Kier alpha value is -0.903. The second kappa shape index (κ2) is 5.00. The van der Waals surface area contributed by atoms with Crippen molar-refractivity contribution in [3.8, 4) is 11.3 Å². The topological polar surface area (TPSA) is 25.8 Å². The van der Waals surface area contributed by atoms with Crippen molar-refractivity contribution in [3.05, 3.63) is 40.8 Å². The quantitative estimate of drug-likeness (QED) is 0.618. The number of nitrogens with zero attached hydrogens (tertiary/aromatic N) is 2. The molecule has 2 aromatic heterocycles. The average molecular weight is 297 g/mol. The maximum atomic E-state index is 5.92. The zero-order chi connectivity index (χ0) is 13.3. The molecule has 0 aliphatic rings. The van der Waals surface area contributed by atoms with E-state index in [1.165, 1.54) is 5.19 Å². The van der Waals surface area contributed by atoms with Crippen molar-refractivity contribution < 1.29 is 0 Å². The fraction of sp³-hybridized carbons (Fsp3) is 0.231. The Morgan fingerprint density at radius 3 is 2.17 bits per heavy atom. The van der Waals surface area contributed by atoms with Gasteiger partial charge in [0.25, 0.3) is 0 Å². The summed E-state index contributed by atoms with van der Waals surface area (Å²) in [7, 11) is -1.35. The van der Waals surface area contributed by atoms with Gasteiger partial charge in [-0.25, -0.2) is 4.98 Å². The van der Waals surface area contributed by atoms with Crippen LogP contribution in [0.4, 0.5) is 0 Å². The molecule has 0 fully saturated rings. The first kappa shape index (κ1) is 13.5. The SMILES string of the molecule is C[Si](C)(C)c1ccnc(-c2cc(Cl)nc(Cl)c2)c1. The van der Waals surface area contributed by atoms with Crippen molar-refractivity contribution in [3.63, 3.8) is 0 Å². The Morgan fingerprint density at radius 1 is 1.00 bits per heavy atom. The standard InChI is InChI=1S/C13H14Cl2N2Si/c1-18(2,3)10-4-5-16-11(8-10)9-6-12(14)17-13(15)7-9/h4-8H,1-3H3. The molecule has 94 valence electrons. The van der Waals surface area contributed by atoms with Crippen molar-refractivity contribution in [2.24, 2.45) is 0 Å². The third kappa shape index (κ3) is 3.10. The summed E-state index contributed by atoms with van der Waals surface area (Å²) in [4.78, 5) is 8.33.